The predicted octanol–water partition coefficient (Wildman–Crippen LogP) is 1.33. The highest BCUT2D eigenvalue weighted by atomic mass is 79.9. The fourth-order valence-corrected chi connectivity index (χ4v) is 2.09. The van der Waals surface area contributed by atoms with Gasteiger partial charge in [-0.25, -0.2) is 0 Å². The summed E-state index contributed by atoms with van der Waals surface area (Å²) in [6, 6.07) is 5.74. The predicted molar refractivity (Wildman–Crippen MR) is 63.6 cm³/mol. The van der Waals surface area contributed by atoms with Crippen LogP contribution >= 0.6 is 15.9 Å². The summed E-state index contributed by atoms with van der Waals surface area (Å²) in [6.07, 6.45) is 0.525. The Hall–Kier alpha value is -1.23. The van der Waals surface area contributed by atoms with Gasteiger partial charge in [0.1, 0.15) is 0 Å². The van der Waals surface area contributed by atoms with Crippen LogP contribution in [0.25, 0.3) is 0 Å². The van der Waals surface area contributed by atoms with Crippen molar-refractivity contribution in [2.45, 2.75) is 12.5 Å². The lowest BCUT2D eigenvalue weighted by Gasteiger charge is -2.13. The zero-order valence-corrected chi connectivity index (χ0v) is 9.67. The number of nitrogen functional groups attached to an aromatic ring is 1. The van der Waals surface area contributed by atoms with Gasteiger partial charge in [0.05, 0.1) is 6.04 Å². The maximum atomic E-state index is 11.0. The van der Waals surface area contributed by atoms with Crippen LogP contribution in [0.1, 0.15) is 6.42 Å². The summed E-state index contributed by atoms with van der Waals surface area (Å²) < 4.78 is 0.918. The van der Waals surface area contributed by atoms with Gasteiger partial charge in [0.15, 0.2) is 0 Å². The Morgan fingerprint density at radius 1 is 1.53 bits per heavy atom. The fourth-order valence-electron chi connectivity index (χ4n) is 1.58. The third-order valence-corrected chi connectivity index (χ3v) is 2.99. The summed E-state index contributed by atoms with van der Waals surface area (Å²) in [7, 11) is 0. The van der Waals surface area contributed by atoms with Crippen molar-refractivity contribution < 1.29 is 4.79 Å². The maximum absolute atomic E-state index is 11.0. The van der Waals surface area contributed by atoms with E-state index in [-0.39, 0.29) is 11.9 Å². The molecule has 0 spiro atoms. The van der Waals surface area contributed by atoms with Crippen LogP contribution in [-0.4, -0.2) is 18.5 Å². The molecule has 1 fully saturated rings. The molecule has 2 rings (SSSR count). The highest BCUT2D eigenvalue weighted by Crippen LogP contribution is 2.25. The highest BCUT2D eigenvalue weighted by molar-refractivity contribution is 9.10. The Labute approximate surface area is 96.4 Å². The molecule has 1 aromatic carbocycles. The molecular formula is C10H12BrN3O. The lowest BCUT2D eigenvalue weighted by atomic mass is 10.2. The molecule has 80 valence electrons. The van der Waals surface area contributed by atoms with Gasteiger partial charge in [0.2, 0.25) is 5.91 Å². The Morgan fingerprint density at radius 2 is 2.33 bits per heavy atom. The number of hydrogen-bond donors (Lipinski definition) is 3. The molecule has 1 amide bonds. The molecule has 1 aliphatic heterocycles. The lowest BCUT2D eigenvalue weighted by molar-refractivity contribution is -0.119. The summed E-state index contributed by atoms with van der Waals surface area (Å²) in [4.78, 5) is 11.0. The SMILES string of the molecule is Nc1ccc(NC2CNC(=O)C2)c(Br)c1. The molecule has 1 heterocycles. The third kappa shape index (κ3) is 2.41. The number of hydrogen-bond acceptors (Lipinski definition) is 3. The molecule has 4 N–H and O–H groups in total. The first-order chi connectivity index (χ1) is 7.15. The standard InChI is InChI=1S/C10H12BrN3O/c11-8-3-6(12)1-2-9(8)14-7-4-10(15)13-5-7/h1-3,7,14H,4-5,12H2,(H,13,15). The molecule has 0 bridgehead atoms. The molecule has 1 atom stereocenters. The van der Waals surface area contributed by atoms with Crippen molar-refractivity contribution in [3.63, 3.8) is 0 Å². The second kappa shape index (κ2) is 4.10. The van der Waals surface area contributed by atoms with Crippen molar-refractivity contribution in [1.82, 2.24) is 5.32 Å². The average molecular weight is 270 g/mol. The number of nitrogens with two attached hydrogens (primary N) is 1. The lowest BCUT2D eigenvalue weighted by Crippen LogP contribution is -2.22. The summed E-state index contributed by atoms with van der Waals surface area (Å²) in [6.45, 7) is 0.676. The van der Waals surface area contributed by atoms with Crippen LogP contribution in [0.5, 0.6) is 0 Å². The van der Waals surface area contributed by atoms with E-state index >= 15 is 0 Å². The number of anilines is 2. The third-order valence-electron chi connectivity index (χ3n) is 2.33. The van der Waals surface area contributed by atoms with E-state index < -0.39 is 0 Å². The second-order valence-electron chi connectivity index (χ2n) is 3.59. The first kappa shape index (κ1) is 10.3. The molecule has 15 heavy (non-hydrogen) atoms. The molecule has 0 aromatic heterocycles. The van der Waals surface area contributed by atoms with Gasteiger partial charge in [-0.15, -0.1) is 0 Å². The molecule has 1 unspecified atom stereocenters. The van der Waals surface area contributed by atoms with E-state index in [0.29, 0.717) is 18.7 Å². The number of rotatable bonds is 2. The number of carbonyl (C=O) groups excluding carboxylic acids is 1. The van der Waals surface area contributed by atoms with Gasteiger partial charge in [-0.2, -0.15) is 0 Å². The van der Waals surface area contributed by atoms with Crippen molar-refractivity contribution in [2.75, 3.05) is 17.6 Å². The van der Waals surface area contributed by atoms with Crippen molar-refractivity contribution in [3.05, 3.63) is 22.7 Å². The van der Waals surface area contributed by atoms with Gasteiger partial charge in [-0.05, 0) is 34.1 Å². The van der Waals surface area contributed by atoms with E-state index in [4.69, 9.17) is 5.73 Å². The molecule has 5 heteroatoms. The summed E-state index contributed by atoms with van der Waals surface area (Å²) in [5.41, 5.74) is 7.31. The number of benzene rings is 1. The first-order valence-corrected chi connectivity index (χ1v) is 5.53. The van der Waals surface area contributed by atoms with E-state index in [2.05, 4.69) is 26.6 Å². The van der Waals surface area contributed by atoms with E-state index in [1.807, 2.05) is 18.2 Å². The van der Waals surface area contributed by atoms with Crippen molar-refractivity contribution in [1.29, 1.82) is 0 Å². The molecule has 1 aromatic rings. The van der Waals surface area contributed by atoms with Gasteiger partial charge in [-0.3, -0.25) is 4.79 Å². The van der Waals surface area contributed by atoms with Gasteiger partial charge < -0.3 is 16.4 Å². The minimum Gasteiger partial charge on any atom is -0.399 e. The quantitative estimate of drug-likeness (QED) is 0.710. The van der Waals surface area contributed by atoms with Gasteiger partial charge in [0, 0.05) is 28.8 Å². The van der Waals surface area contributed by atoms with E-state index in [1.165, 1.54) is 0 Å². The zero-order chi connectivity index (χ0) is 10.8. The first-order valence-electron chi connectivity index (χ1n) is 4.73. The van der Waals surface area contributed by atoms with Crippen molar-refractivity contribution in [3.8, 4) is 0 Å². The average Bonchev–Trinajstić information content (AvgIpc) is 2.56. The number of amides is 1. The van der Waals surface area contributed by atoms with Crippen LogP contribution in [-0.2, 0) is 4.79 Å². The van der Waals surface area contributed by atoms with Crippen LogP contribution in [0.2, 0.25) is 0 Å². The van der Waals surface area contributed by atoms with Crippen molar-refractivity contribution >= 4 is 33.2 Å². The molecule has 0 aliphatic carbocycles. The van der Waals surface area contributed by atoms with Crippen molar-refractivity contribution in [2.24, 2.45) is 0 Å². The second-order valence-corrected chi connectivity index (χ2v) is 4.44. The van der Waals surface area contributed by atoms with Crippen LogP contribution in [0.4, 0.5) is 11.4 Å². The zero-order valence-electron chi connectivity index (χ0n) is 8.09. The normalized spacial score (nSPS) is 20.1. The largest absolute Gasteiger partial charge is 0.399 e. The minimum atomic E-state index is 0.0964. The molecule has 1 saturated heterocycles. The van der Waals surface area contributed by atoms with Crippen LogP contribution < -0.4 is 16.4 Å². The Balaban J connectivity index is 2.07. The Kier molecular flexibility index (Phi) is 2.81. The number of nitrogens with one attached hydrogen (secondary N) is 2. The molecule has 0 saturated carbocycles. The number of halogens is 1. The summed E-state index contributed by atoms with van der Waals surface area (Å²) >= 11 is 3.42. The molecular weight excluding hydrogens is 258 g/mol. The minimum absolute atomic E-state index is 0.0964. The highest BCUT2D eigenvalue weighted by Gasteiger charge is 2.21. The van der Waals surface area contributed by atoms with E-state index in [9.17, 15) is 4.79 Å². The topological polar surface area (TPSA) is 67.2 Å². The summed E-state index contributed by atoms with van der Waals surface area (Å²) in [5.74, 6) is 0.0964. The summed E-state index contributed by atoms with van der Waals surface area (Å²) in [5, 5.41) is 6.06. The Morgan fingerprint density at radius 3 is 2.93 bits per heavy atom. The maximum Gasteiger partial charge on any atom is 0.222 e. The van der Waals surface area contributed by atoms with Crippen LogP contribution in [0, 0.1) is 0 Å². The van der Waals surface area contributed by atoms with Crippen LogP contribution in [0.15, 0.2) is 22.7 Å². The Bertz CT molecular complexity index is 394. The van der Waals surface area contributed by atoms with Crippen LogP contribution in [0.3, 0.4) is 0 Å². The monoisotopic (exact) mass is 269 g/mol. The van der Waals surface area contributed by atoms with Gasteiger partial charge >= 0.3 is 0 Å². The van der Waals surface area contributed by atoms with E-state index in [1.54, 1.807) is 0 Å². The molecule has 0 radical (unpaired) electrons. The van der Waals surface area contributed by atoms with Gasteiger partial charge in [-0.1, -0.05) is 0 Å². The fraction of sp³-hybridized carbons (Fsp3) is 0.300. The van der Waals surface area contributed by atoms with E-state index in [0.717, 1.165) is 10.2 Å². The number of carbonyl (C=O) groups is 1. The molecule has 1 aliphatic rings. The smallest absolute Gasteiger partial charge is 0.222 e. The molecule has 4 nitrogen and oxygen atoms in total. The van der Waals surface area contributed by atoms with Gasteiger partial charge in [0.25, 0.3) is 0 Å².